The van der Waals surface area contributed by atoms with Gasteiger partial charge < -0.3 is 28.8 Å². The van der Waals surface area contributed by atoms with Crippen LogP contribution in [0.3, 0.4) is 0 Å². The van der Waals surface area contributed by atoms with Gasteiger partial charge in [0, 0.05) is 38.6 Å². The summed E-state index contributed by atoms with van der Waals surface area (Å²) in [6, 6.07) is 7.58. The largest absolute Gasteiger partial charge is 0.467 e. The molecule has 0 bridgehead atoms. The van der Waals surface area contributed by atoms with Gasteiger partial charge in [-0.1, -0.05) is 19.3 Å². The molecule has 8 nitrogen and oxygen atoms in total. The fraction of sp³-hybridized carbons (Fsp3) is 0.565. The molecular weight excluding hydrogens is 396 g/mol. The van der Waals surface area contributed by atoms with Gasteiger partial charge in [0.15, 0.2) is 0 Å². The molecule has 1 aliphatic carbocycles. The van der Waals surface area contributed by atoms with Crippen LogP contribution < -0.4 is 5.32 Å². The van der Waals surface area contributed by atoms with Crippen molar-refractivity contribution in [1.82, 2.24) is 19.7 Å². The molecule has 2 aromatic heterocycles. The minimum absolute atomic E-state index is 0.00690. The minimum atomic E-state index is -0.200. The maximum Gasteiger partial charge on any atom is 0.318 e. The third-order valence-electron chi connectivity index (χ3n) is 5.80. The lowest BCUT2D eigenvalue weighted by Gasteiger charge is -2.30. The Hall–Kier alpha value is -2.74. The first-order chi connectivity index (χ1) is 15.1. The summed E-state index contributed by atoms with van der Waals surface area (Å²) in [6.07, 6.45) is 9.03. The Morgan fingerprint density at radius 3 is 2.61 bits per heavy atom. The second kappa shape index (κ2) is 11.6. The number of nitrogens with one attached hydrogen (secondary N) is 1. The van der Waals surface area contributed by atoms with E-state index < -0.39 is 0 Å². The monoisotopic (exact) mass is 430 g/mol. The Kier molecular flexibility index (Phi) is 8.58. The summed E-state index contributed by atoms with van der Waals surface area (Å²) in [4.78, 5) is 29.5. The molecule has 3 rings (SSSR count). The number of carbonyl (C=O) groups excluding carboxylic acids is 2. The third kappa shape index (κ3) is 6.89. The van der Waals surface area contributed by atoms with Gasteiger partial charge in [0.1, 0.15) is 12.3 Å². The summed E-state index contributed by atoms with van der Waals surface area (Å²) in [5.74, 6) is 0.574. The Morgan fingerprint density at radius 1 is 1.16 bits per heavy atom. The van der Waals surface area contributed by atoms with Crippen molar-refractivity contribution in [1.29, 1.82) is 0 Å². The average molecular weight is 431 g/mol. The number of nitrogens with zero attached hydrogens (tertiary/aromatic N) is 3. The molecule has 3 amide bonds. The maximum atomic E-state index is 13.3. The van der Waals surface area contributed by atoms with E-state index in [9.17, 15) is 9.59 Å². The minimum Gasteiger partial charge on any atom is -0.467 e. The zero-order valence-electron chi connectivity index (χ0n) is 18.6. The molecule has 0 aliphatic heterocycles. The highest BCUT2D eigenvalue weighted by atomic mass is 16.5. The molecule has 170 valence electrons. The molecule has 1 fully saturated rings. The number of methoxy groups -OCH3 is 1. The van der Waals surface area contributed by atoms with Crippen LogP contribution in [0, 0.1) is 0 Å². The van der Waals surface area contributed by atoms with Crippen LogP contribution in [0.1, 0.15) is 43.6 Å². The number of furan rings is 1. The number of aromatic nitrogens is 1. The topological polar surface area (TPSA) is 80.0 Å². The van der Waals surface area contributed by atoms with Crippen LogP contribution in [-0.4, -0.2) is 59.2 Å². The number of amides is 3. The van der Waals surface area contributed by atoms with E-state index in [1.165, 1.54) is 6.42 Å². The van der Waals surface area contributed by atoms with Gasteiger partial charge in [0.25, 0.3) is 0 Å². The van der Waals surface area contributed by atoms with E-state index in [0.29, 0.717) is 32.0 Å². The number of hydrogen-bond donors (Lipinski definition) is 1. The lowest BCUT2D eigenvalue weighted by Crippen LogP contribution is -2.50. The van der Waals surface area contributed by atoms with Gasteiger partial charge in [0.05, 0.1) is 26.0 Å². The van der Waals surface area contributed by atoms with Crippen molar-refractivity contribution < 1.29 is 18.7 Å². The number of carbonyl (C=O) groups is 2. The zero-order valence-corrected chi connectivity index (χ0v) is 18.6. The summed E-state index contributed by atoms with van der Waals surface area (Å²) < 4.78 is 12.6. The average Bonchev–Trinajstić information content (AvgIpc) is 3.43. The smallest absolute Gasteiger partial charge is 0.318 e. The van der Waals surface area contributed by atoms with Crippen molar-refractivity contribution in [3.8, 4) is 0 Å². The molecule has 0 aromatic carbocycles. The molecule has 0 atom stereocenters. The first kappa shape index (κ1) is 22.9. The van der Waals surface area contributed by atoms with Crippen LogP contribution in [0.25, 0.3) is 0 Å². The quantitative estimate of drug-likeness (QED) is 0.628. The van der Waals surface area contributed by atoms with Crippen LogP contribution >= 0.6 is 0 Å². The van der Waals surface area contributed by atoms with Crippen LogP contribution in [-0.2, 0) is 29.7 Å². The lowest BCUT2D eigenvalue weighted by molar-refractivity contribution is -0.133. The van der Waals surface area contributed by atoms with Crippen molar-refractivity contribution in [3.63, 3.8) is 0 Å². The number of hydrogen-bond acceptors (Lipinski definition) is 4. The SMILES string of the molecule is COCCN(CC(=O)N(Cc1ccco1)Cc1cccn1C)C(=O)NC1CCCCC1. The van der Waals surface area contributed by atoms with Crippen molar-refractivity contribution in [2.75, 3.05) is 26.8 Å². The molecule has 8 heteroatoms. The van der Waals surface area contributed by atoms with Crippen molar-refractivity contribution in [2.45, 2.75) is 51.2 Å². The maximum absolute atomic E-state index is 13.3. The summed E-state index contributed by atoms with van der Waals surface area (Å²) in [6.45, 7) is 1.51. The van der Waals surface area contributed by atoms with Gasteiger partial charge in [-0.25, -0.2) is 4.79 Å². The Bertz CT molecular complexity index is 811. The summed E-state index contributed by atoms with van der Waals surface area (Å²) in [5.41, 5.74) is 1.01. The highest BCUT2D eigenvalue weighted by molar-refractivity contribution is 5.84. The highest BCUT2D eigenvalue weighted by Crippen LogP contribution is 2.18. The lowest BCUT2D eigenvalue weighted by atomic mass is 9.96. The molecule has 1 N–H and O–H groups in total. The predicted octanol–water partition coefficient (Wildman–Crippen LogP) is 3.14. The Labute approximate surface area is 184 Å². The zero-order chi connectivity index (χ0) is 22.1. The van der Waals surface area contributed by atoms with Crippen molar-refractivity contribution in [2.24, 2.45) is 7.05 Å². The standard InChI is InChI=1S/C23H34N4O4/c1-25-12-6-10-20(25)16-27(17-21-11-7-14-31-21)22(28)18-26(13-15-30-2)23(29)24-19-8-4-3-5-9-19/h6-7,10-12,14,19H,3-5,8-9,13,15-18H2,1-2H3,(H,24,29). The van der Waals surface area contributed by atoms with E-state index in [1.807, 2.05) is 42.1 Å². The van der Waals surface area contributed by atoms with Gasteiger partial charge in [0.2, 0.25) is 5.91 Å². The summed E-state index contributed by atoms with van der Waals surface area (Å²) in [5, 5.41) is 3.11. The van der Waals surface area contributed by atoms with E-state index in [1.54, 1.807) is 23.2 Å². The van der Waals surface area contributed by atoms with Crippen LogP contribution in [0.2, 0.25) is 0 Å². The van der Waals surface area contributed by atoms with Gasteiger partial charge in [-0.05, 0) is 37.1 Å². The molecule has 2 heterocycles. The van der Waals surface area contributed by atoms with E-state index in [-0.39, 0.29) is 24.5 Å². The summed E-state index contributed by atoms with van der Waals surface area (Å²) in [7, 11) is 3.55. The van der Waals surface area contributed by atoms with Crippen LogP contribution in [0.4, 0.5) is 4.79 Å². The Balaban J connectivity index is 1.68. The fourth-order valence-corrected chi connectivity index (χ4v) is 3.91. The molecule has 2 aromatic rings. The molecule has 0 saturated heterocycles. The molecular formula is C23H34N4O4. The second-order valence-electron chi connectivity index (χ2n) is 8.14. The van der Waals surface area contributed by atoms with E-state index in [4.69, 9.17) is 9.15 Å². The van der Waals surface area contributed by atoms with E-state index in [2.05, 4.69) is 5.32 Å². The molecule has 31 heavy (non-hydrogen) atoms. The molecule has 1 saturated carbocycles. The third-order valence-corrected chi connectivity index (χ3v) is 5.80. The van der Waals surface area contributed by atoms with Crippen molar-refractivity contribution in [3.05, 3.63) is 48.2 Å². The second-order valence-corrected chi connectivity index (χ2v) is 8.14. The first-order valence-corrected chi connectivity index (χ1v) is 11.0. The van der Waals surface area contributed by atoms with Crippen LogP contribution in [0.5, 0.6) is 0 Å². The molecule has 1 aliphatic rings. The normalized spacial score (nSPS) is 14.4. The number of ether oxygens (including phenoxy) is 1. The fourth-order valence-electron chi connectivity index (χ4n) is 3.91. The van der Waals surface area contributed by atoms with E-state index >= 15 is 0 Å². The van der Waals surface area contributed by atoms with Gasteiger partial charge >= 0.3 is 6.03 Å². The molecule has 0 unspecified atom stereocenters. The number of urea groups is 1. The molecule has 0 radical (unpaired) electrons. The predicted molar refractivity (Wildman–Crippen MR) is 117 cm³/mol. The number of aryl methyl sites for hydroxylation is 1. The Morgan fingerprint density at radius 2 is 1.97 bits per heavy atom. The van der Waals surface area contributed by atoms with Gasteiger partial charge in [-0.2, -0.15) is 0 Å². The van der Waals surface area contributed by atoms with Crippen LogP contribution in [0.15, 0.2) is 41.1 Å². The van der Waals surface area contributed by atoms with Crippen molar-refractivity contribution >= 4 is 11.9 Å². The number of rotatable bonds is 10. The summed E-state index contributed by atoms with van der Waals surface area (Å²) >= 11 is 0. The van der Waals surface area contributed by atoms with E-state index in [0.717, 1.165) is 31.4 Å². The highest BCUT2D eigenvalue weighted by Gasteiger charge is 2.25. The van der Waals surface area contributed by atoms with Gasteiger partial charge in [-0.3, -0.25) is 4.79 Å². The molecule has 0 spiro atoms. The first-order valence-electron chi connectivity index (χ1n) is 11.0. The van der Waals surface area contributed by atoms with Gasteiger partial charge in [-0.15, -0.1) is 0 Å².